The summed E-state index contributed by atoms with van der Waals surface area (Å²) in [4.78, 5) is 7.27. The molecule has 0 saturated carbocycles. The average Bonchev–Trinajstić information content (AvgIpc) is 3.37. The number of H-pyrrole nitrogens is 1. The minimum absolute atomic E-state index is 0.311. The highest BCUT2D eigenvalue weighted by atomic mass is 32.1. The number of hydrogen-bond donors (Lipinski definition) is 2. The van der Waals surface area contributed by atoms with E-state index in [9.17, 15) is 5.11 Å². The second-order valence-electron chi connectivity index (χ2n) is 9.34. The number of fused-ring (bicyclic) bond motifs is 2. The van der Waals surface area contributed by atoms with Crippen LogP contribution in [-0.4, -0.2) is 46.8 Å². The molecule has 0 unspecified atom stereocenters. The highest BCUT2D eigenvalue weighted by Gasteiger charge is 2.29. The number of aliphatic hydroxyl groups is 1. The maximum Gasteiger partial charge on any atom is 0.128 e. The Bertz CT molecular complexity index is 1230. The molecule has 4 aromatic rings. The van der Waals surface area contributed by atoms with Gasteiger partial charge in [-0.2, -0.15) is 0 Å². The number of likely N-dealkylation sites (tertiary alicyclic amines) is 1. The molecular formula is C27H32N2O2S. The van der Waals surface area contributed by atoms with Gasteiger partial charge in [0.15, 0.2) is 0 Å². The molecule has 2 N–H and O–H groups in total. The Kier molecular flexibility index (Phi) is 5.97. The highest BCUT2D eigenvalue weighted by Crippen LogP contribution is 2.39. The van der Waals surface area contributed by atoms with Crippen LogP contribution in [0.3, 0.4) is 0 Å². The molecule has 4 nitrogen and oxygen atoms in total. The molecule has 0 radical (unpaired) electrons. The Morgan fingerprint density at radius 2 is 2.00 bits per heavy atom. The van der Waals surface area contributed by atoms with Crippen molar-refractivity contribution >= 4 is 32.3 Å². The fourth-order valence-corrected chi connectivity index (χ4v) is 6.37. The number of β-amino-alcohol motifs (C(OH)–C–C–N with tert-alkyl or cyclic N) is 1. The largest absolute Gasteiger partial charge is 0.490 e. The number of aromatic amines is 1. The number of benzene rings is 2. The molecule has 0 aliphatic carbocycles. The van der Waals surface area contributed by atoms with Crippen molar-refractivity contribution < 1.29 is 9.84 Å². The van der Waals surface area contributed by atoms with Crippen LogP contribution in [0.2, 0.25) is 0 Å². The number of aliphatic hydroxyl groups excluding tert-OH is 1. The number of aryl methyl sites for hydroxylation is 2. The SMILES string of the molecule is Cc1cc2c(OC[C@@H](O)CN3CC[C@@H](c4cc5c(C)cccc5s4)C[C@@H]3C)cccc2[nH]1. The number of piperidine rings is 1. The summed E-state index contributed by atoms with van der Waals surface area (Å²) in [7, 11) is 0. The van der Waals surface area contributed by atoms with Crippen molar-refractivity contribution in [3.05, 3.63) is 64.7 Å². The van der Waals surface area contributed by atoms with Gasteiger partial charge >= 0.3 is 0 Å². The molecule has 5 rings (SSSR count). The summed E-state index contributed by atoms with van der Waals surface area (Å²) >= 11 is 1.95. The number of thiophene rings is 1. The van der Waals surface area contributed by atoms with E-state index in [1.165, 1.54) is 20.5 Å². The summed E-state index contributed by atoms with van der Waals surface area (Å²) < 4.78 is 7.41. The third-order valence-electron chi connectivity index (χ3n) is 6.85. The highest BCUT2D eigenvalue weighted by molar-refractivity contribution is 7.19. The van der Waals surface area contributed by atoms with Crippen LogP contribution in [0.5, 0.6) is 5.75 Å². The Morgan fingerprint density at radius 3 is 2.81 bits per heavy atom. The smallest absolute Gasteiger partial charge is 0.128 e. The zero-order valence-electron chi connectivity index (χ0n) is 19.1. The summed E-state index contributed by atoms with van der Waals surface area (Å²) in [5.74, 6) is 1.44. The lowest BCUT2D eigenvalue weighted by Gasteiger charge is -2.38. The monoisotopic (exact) mass is 448 g/mol. The molecule has 2 aromatic heterocycles. The minimum Gasteiger partial charge on any atom is -0.490 e. The standard InChI is InChI=1S/C27H32N2O2S/c1-17-6-4-9-26-22(17)14-27(32-26)20-10-11-29(19(3)13-20)15-21(30)16-31-25-8-5-7-24-23(25)12-18(2)28-24/h4-9,12,14,19-21,28,30H,10-11,13,15-16H2,1-3H3/t19-,20+,21-/m0/s1. The van der Waals surface area contributed by atoms with Crippen molar-refractivity contribution in [3.8, 4) is 5.75 Å². The lowest BCUT2D eigenvalue weighted by Crippen LogP contribution is -2.45. The van der Waals surface area contributed by atoms with E-state index in [-0.39, 0.29) is 0 Å². The Morgan fingerprint density at radius 1 is 1.16 bits per heavy atom. The first-order valence-electron chi connectivity index (χ1n) is 11.6. The molecule has 168 valence electrons. The van der Waals surface area contributed by atoms with Gasteiger partial charge in [0.2, 0.25) is 0 Å². The number of aromatic nitrogens is 1. The maximum atomic E-state index is 10.7. The molecule has 0 bridgehead atoms. The van der Waals surface area contributed by atoms with Crippen LogP contribution in [0, 0.1) is 13.8 Å². The predicted octanol–water partition coefficient (Wildman–Crippen LogP) is 6.01. The lowest BCUT2D eigenvalue weighted by molar-refractivity contribution is 0.0408. The second kappa shape index (κ2) is 8.89. The van der Waals surface area contributed by atoms with Crippen LogP contribution in [-0.2, 0) is 0 Å². The van der Waals surface area contributed by atoms with Gasteiger partial charge in [-0.3, -0.25) is 4.90 Å². The van der Waals surface area contributed by atoms with Gasteiger partial charge in [0.05, 0.1) is 0 Å². The summed E-state index contributed by atoms with van der Waals surface area (Å²) in [6.07, 6.45) is 1.78. The third-order valence-corrected chi connectivity index (χ3v) is 8.11. The molecule has 3 atom stereocenters. The van der Waals surface area contributed by atoms with Crippen LogP contribution in [0.15, 0.2) is 48.5 Å². The molecule has 5 heteroatoms. The first kappa shape index (κ1) is 21.5. The number of rotatable bonds is 6. The van der Waals surface area contributed by atoms with Crippen molar-refractivity contribution in [2.75, 3.05) is 19.7 Å². The Hall–Kier alpha value is -2.34. The summed E-state index contributed by atoms with van der Waals surface area (Å²) in [5, 5.41) is 13.2. The van der Waals surface area contributed by atoms with Crippen molar-refractivity contribution in [2.24, 2.45) is 0 Å². The van der Waals surface area contributed by atoms with Crippen molar-refractivity contribution in [3.63, 3.8) is 0 Å². The molecule has 1 aliphatic rings. The number of ether oxygens (including phenoxy) is 1. The molecule has 1 saturated heterocycles. The van der Waals surface area contributed by atoms with Gasteiger partial charge in [0, 0.05) is 38.8 Å². The lowest BCUT2D eigenvalue weighted by atomic mass is 9.90. The fourth-order valence-electron chi connectivity index (χ4n) is 5.08. The van der Waals surface area contributed by atoms with E-state index < -0.39 is 6.10 Å². The van der Waals surface area contributed by atoms with E-state index in [1.54, 1.807) is 0 Å². The molecule has 3 heterocycles. The van der Waals surface area contributed by atoms with E-state index in [1.807, 2.05) is 30.4 Å². The normalized spacial score (nSPS) is 20.8. The van der Waals surface area contributed by atoms with E-state index in [0.717, 1.165) is 41.7 Å². The van der Waals surface area contributed by atoms with Crippen molar-refractivity contribution in [1.29, 1.82) is 0 Å². The topological polar surface area (TPSA) is 48.5 Å². The van der Waals surface area contributed by atoms with Crippen LogP contribution < -0.4 is 4.74 Å². The van der Waals surface area contributed by atoms with E-state index in [2.05, 4.69) is 60.1 Å². The van der Waals surface area contributed by atoms with E-state index in [0.29, 0.717) is 25.1 Å². The number of nitrogens with one attached hydrogen (secondary N) is 1. The quantitative estimate of drug-likeness (QED) is 0.380. The summed E-state index contributed by atoms with van der Waals surface area (Å²) in [5.41, 5.74) is 3.55. The van der Waals surface area contributed by atoms with Crippen LogP contribution in [0.1, 0.15) is 41.8 Å². The molecule has 0 spiro atoms. The molecule has 2 aromatic carbocycles. The number of nitrogens with zero attached hydrogens (tertiary/aromatic N) is 1. The van der Waals surface area contributed by atoms with Gasteiger partial charge in [0.1, 0.15) is 18.5 Å². The molecule has 0 amide bonds. The van der Waals surface area contributed by atoms with E-state index >= 15 is 0 Å². The van der Waals surface area contributed by atoms with Crippen molar-refractivity contribution in [1.82, 2.24) is 9.88 Å². The van der Waals surface area contributed by atoms with Gasteiger partial charge < -0.3 is 14.8 Å². The van der Waals surface area contributed by atoms with Gasteiger partial charge in [-0.15, -0.1) is 11.3 Å². The van der Waals surface area contributed by atoms with Crippen LogP contribution >= 0.6 is 11.3 Å². The van der Waals surface area contributed by atoms with Gasteiger partial charge in [-0.25, -0.2) is 0 Å². The molecular weight excluding hydrogens is 416 g/mol. The average molecular weight is 449 g/mol. The van der Waals surface area contributed by atoms with Gasteiger partial charge in [-0.1, -0.05) is 18.2 Å². The third kappa shape index (κ3) is 4.29. The van der Waals surface area contributed by atoms with Gasteiger partial charge in [0.25, 0.3) is 0 Å². The zero-order chi connectivity index (χ0) is 22.2. The Balaban J connectivity index is 1.18. The first-order chi connectivity index (χ1) is 15.5. The van der Waals surface area contributed by atoms with Gasteiger partial charge in [-0.05, 0) is 87.4 Å². The predicted molar refractivity (Wildman–Crippen MR) is 134 cm³/mol. The molecule has 32 heavy (non-hydrogen) atoms. The Labute approximate surface area is 193 Å². The zero-order valence-corrected chi connectivity index (χ0v) is 19.9. The van der Waals surface area contributed by atoms with E-state index in [4.69, 9.17) is 4.74 Å². The van der Waals surface area contributed by atoms with Crippen molar-refractivity contribution in [2.45, 2.75) is 51.7 Å². The first-order valence-corrected chi connectivity index (χ1v) is 12.4. The summed E-state index contributed by atoms with van der Waals surface area (Å²) in [6.45, 7) is 8.52. The molecule has 1 fully saturated rings. The van der Waals surface area contributed by atoms with Crippen LogP contribution in [0.4, 0.5) is 0 Å². The minimum atomic E-state index is -0.503. The molecule has 1 aliphatic heterocycles. The number of hydrogen-bond acceptors (Lipinski definition) is 4. The second-order valence-corrected chi connectivity index (χ2v) is 10.5. The maximum absolute atomic E-state index is 10.7. The fraction of sp³-hybridized carbons (Fsp3) is 0.407. The summed E-state index contributed by atoms with van der Waals surface area (Å²) in [6, 6.07) is 17.6. The van der Waals surface area contributed by atoms with Crippen LogP contribution in [0.25, 0.3) is 21.0 Å².